The number of rotatable bonds is 8. The summed E-state index contributed by atoms with van der Waals surface area (Å²) < 4.78 is 33.2. The van der Waals surface area contributed by atoms with Crippen LogP contribution in [0.2, 0.25) is 0 Å². The maximum Gasteiger partial charge on any atom is 0.407 e. The molecule has 2 aromatic rings. The molecule has 0 spiro atoms. The van der Waals surface area contributed by atoms with Crippen molar-refractivity contribution < 1.29 is 22.7 Å². The average molecular weight is 495 g/mol. The quantitative estimate of drug-likeness (QED) is 0.514. The molecule has 1 fully saturated rings. The number of sulfonamides is 1. The Balaban J connectivity index is 1.77. The minimum absolute atomic E-state index is 0.00687. The predicted molar refractivity (Wildman–Crippen MR) is 127 cm³/mol. The van der Waals surface area contributed by atoms with Gasteiger partial charge in [-0.3, -0.25) is 4.79 Å². The smallest absolute Gasteiger partial charge is 0.407 e. The maximum atomic E-state index is 12.8. The average Bonchev–Trinajstić information content (AvgIpc) is 3.23. The third kappa shape index (κ3) is 6.30. The van der Waals surface area contributed by atoms with E-state index in [2.05, 4.69) is 15.0 Å². The first-order valence-corrected chi connectivity index (χ1v) is 13.3. The Morgan fingerprint density at radius 2 is 1.94 bits per heavy atom. The molecule has 180 valence electrons. The first kappa shape index (κ1) is 25.1. The second-order valence-electron chi connectivity index (χ2n) is 8.29. The number of nitrogens with two attached hydrogens (primary N) is 1. The Kier molecular flexibility index (Phi) is 8.09. The minimum Gasteiger partial charge on any atom is -0.447 e. The molecule has 0 bridgehead atoms. The number of thiazole rings is 1. The maximum absolute atomic E-state index is 12.8. The van der Waals surface area contributed by atoms with E-state index in [9.17, 15) is 18.0 Å². The van der Waals surface area contributed by atoms with Crippen LogP contribution in [0.1, 0.15) is 67.7 Å². The van der Waals surface area contributed by atoms with E-state index in [0.29, 0.717) is 10.4 Å². The topological polar surface area (TPSA) is 140 Å². The predicted octanol–water partition coefficient (Wildman–Crippen LogP) is 3.37. The molecule has 9 nitrogen and oxygen atoms in total. The minimum atomic E-state index is -3.82. The monoisotopic (exact) mass is 494 g/mol. The van der Waals surface area contributed by atoms with E-state index in [1.165, 1.54) is 23.5 Å². The van der Waals surface area contributed by atoms with Crippen molar-refractivity contribution in [1.29, 1.82) is 0 Å². The van der Waals surface area contributed by atoms with E-state index < -0.39 is 15.9 Å². The van der Waals surface area contributed by atoms with E-state index in [1.807, 2.05) is 13.8 Å². The van der Waals surface area contributed by atoms with E-state index in [4.69, 9.17) is 10.5 Å². The van der Waals surface area contributed by atoms with Gasteiger partial charge in [0.2, 0.25) is 15.9 Å². The molecule has 1 saturated carbocycles. The molecule has 0 unspecified atom stereocenters. The van der Waals surface area contributed by atoms with Crippen molar-refractivity contribution >= 4 is 33.4 Å². The fraction of sp³-hybridized carbons (Fsp3) is 0.500. The first-order chi connectivity index (χ1) is 15.6. The highest BCUT2D eigenvalue weighted by molar-refractivity contribution is 7.89. The van der Waals surface area contributed by atoms with Gasteiger partial charge in [-0.1, -0.05) is 13.0 Å². The number of carbonyl (C=O) groups excluding carboxylic acids is 2. The fourth-order valence-electron chi connectivity index (χ4n) is 3.87. The van der Waals surface area contributed by atoms with Crippen LogP contribution in [0, 0.1) is 0 Å². The van der Waals surface area contributed by atoms with Gasteiger partial charge in [-0.2, -0.15) is 0 Å². The van der Waals surface area contributed by atoms with Crippen LogP contribution in [0.5, 0.6) is 0 Å². The van der Waals surface area contributed by atoms with Crippen LogP contribution in [0.25, 0.3) is 10.4 Å². The Bertz CT molecular complexity index is 1110. The van der Waals surface area contributed by atoms with Crippen LogP contribution in [0.15, 0.2) is 29.3 Å². The molecule has 0 radical (unpaired) electrons. The van der Waals surface area contributed by atoms with Crippen LogP contribution in [0.4, 0.5) is 4.79 Å². The first-order valence-electron chi connectivity index (χ1n) is 11.0. The Labute approximate surface area is 198 Å². The van der Waals surface area contributed by atoms with Crippen molar-refractivity contribution in [1.82, 2.24) is 15.0 Å². The molecule has 1 aromatic heterocycles. The highest BCUT2D eigenvalue weighted by Crippen LogP contribution is 2.39. The molecule has 1 aliphatic carbocycles. The van der Waals surface area contributed by atoms with Crippen molar-refractivity contribution in [2.24, 2.45) is 5.73 Å². The molecule has 4 N–H and O–H groups in total. The van der Waals surface area contributed by atoms with Crippen LogP contribution in [-0.2, 0) is 14.8 Å². The number of nitrogens with one attached hydrogen (secondary N) is 2. The van der Waals surface area contributed by atoms with E-state index >= 15 is 0 Å². The molecule has 3 rings (SSSR count). The summed E-state index contributed by atoms with van der Waals surface area (Å²) in [4.78, 5) is 28.7. The summed E-state index contributed by atoms with van der Waals surface area (Å²) in [7, 11) is -3.82. The SMILES string of the molecule is CCNS(=O)(=O)c1cc(C(N)=O)ccc1-c1cnc(C2CCC(NC(=O)OC(C)C)CC2)s1. The van der Waals surface area contributed by atoms with Crippen molar-refractivity contribution in [3.05, 3.63) is 35.0 Å². The van der Waals surface area contributed by atoms with Crippen molar-refractivity contribution in [2.45, 2.75) is 69.4 Å². The third-order valence-electron chi connectivity index (χ3n) is 5.42. The summed E-state index contributed by atoms with van der Waals surface area (Å²) in [6.45, 7) is 5.53. The normalized spacial score (nSPS) is 18.8. The molecule has 1 aliphatic rings. The van der Waals surface area contributed by atoms with Gasteiger partial charge in [-0.15, -0.1) is 11.3 Å². The van der Waals surface area contributed by atoms with Gasteiger partial charge in [0.15, 0.2) is 0 Å². The molecule has 11 heteroatoms. The highest BCUT2D eigenvalue weighted by atomic mass is 32.2. The summed E-state index contributed by atoms with van der Waals surface area (Å²) in [5, 5.41) is 3.84. The highest BCUT2D eigenvalue weighted by Gasteiger charge is 2.27. The number of primary amides is 1. The van der Waals surface area contributed by atoms with Gasteiger partial charge in [0.05, 0.1) is 20.9 Å². The lowest BCUT2D eigenvalue weighted by molar-refractivity contribution is 0.0999. The Hall–Kier alpha value is -2.50. The number of carbonyl (C=O) groups is 2. The number of hydrogen-bond acceptors (Lipinski definition) is 7. The van der Waals surface area contributed by atoms with Gasteiger partial charge in [-0.05, 0) is 51.7 Å². The van der Waals surface area contributed by atoms with Crippen LogP contribution >= 0.6 is 11.3 Å². The van der Waals surface area contributed by atoms with Crippen LogP contribution in [0.3, 0.4) is 0 Å². The van der Waals surface area contributed by atoms with Gasteiger partial charge in [0.25, 0.3) is 0 Å². The number of ether oxygens (including phenoxy) is 1. The van der Waals surface area contributed by atoms with E-state index in [1.54, 1.807) is 19.2 Å². The molecule has 1 aromatic carbocycles. The largest absolute Gasteiger partial charge is 0.447 e. The standard InChI is InChI=1S/C22H30N4O5S2/c1-4-25-33(29,30)19-11-15(20(23)27)7-10-17(19)18-12-24-21(32-18)14-5-8-16(9-6-14)26-22(28)31-13(2)3/h7,10-14,16,25H,4-6,8-9H2,1-3H3,(H2,23,27)(H,26,28). The number of aromatic nitrogens is 1. The third-order valence-corrected chi connectivity index (χ3v) is 8.20. The zero-order valence-electron chi connectivity index (χ0n) is 19.0. The van der Waals surface area contributed by atoms with Gasteiger partial charge < -0.3 is 15.8 Å². The molecule has 0 saturated heterocycles. The lowest BCUT2D eigenvalue weighted by Gasteiger charge is -2.28. The van der Waals surface area contributed by atoms with Crippen molar-refractivity contribution in [2.75, 3.05) is 6.54 Å². The van der Waals surface area contributed by atoms with E-state index in [0.717, 1.165) is 30.7 Å². The lowest BCUT2D eigenvalue weighted by Crippen LogP contribution is -2.38. The Morgan fingerprint density at radius 1 is 1.24 bits per heavy atom. The molecule has 1 heterocycles. The molecular weight excluding hydrogens is 464 g/mol. The van der Waals surface area contributed by atoms with Crippen molar-refractivity contribution in [3.8, 4) is 10.4 Å². The summed E-state index contributed by atoms with van der Waals surface area (Å²) in [6, 6.07) is 4.50. The van der Waals surface area contributed by atoms with Gasteiger partial charge in [0.1, 0.15) is 0 Å². The zero-order chi connectivity index (χ0) is 24.2. The number of alkyl carbamates (subject to hydrolysis) is 1. The number of nitrogens with zero attached hydrogens (tertiary/aromatic N) is 1. The summed E-state index contributed by atoms with van der Waals surface area (Å²) in [5.74, 6) is -0.455. The van der Waals surface area contributed by atoms with Crippen LogP contribution in [-0.4, -0.2) is 44.1 Å². The van der Waals surface area contributed by atoms with Gasteiger partial charge in [-0.25, -0.2) is 22.9 Å². The molecule has 33 heavy (non-hydrogen) atoms. The Morgan fingerprint density at radius 3 is 2.55 bits per heavy atom. The summed E-state index contributed by atoms with van der Waals surface area (Å²) in [6.07, 6.45) is 4.49. The van der Waals surface area contributed by atoms with Gasteiger partial charge >= 0.3 is 6.09 Å². The summed E-state index contributed by atoms with van der Waals surface area (Å²) in [5.41, 5.74) is 5.97. The lowest BCUT2D eigenvalue weighted by atomic mass is 9.86. The zero-order valence-corrected chi connectivity index (χ0v) is 20.6. The second-order valence-corrected chi connectivity index (χ2v) is 11.1. The molecule has 2 amide bonds. The molecule has 0 aliphatic heterocycles. The second kappa shape index (κ2) is 10.6. The van der Waals surface area contributed by atoms with E-state index in [-0.39, 0.29) is 41.2 Å². The molecular formula is C22H30N4O5S2. The van der Waals surface area contributed by atoms with Gasteiger partial charge in [0, 0.05) is 35.8 Å². The number of hydrogen-bond donors (Lipinski definition) is 3. The molecule has 0 atom stereocenters. The number of amides is 2. The van der Waals surface area contributed by atoms with Crippen LogP contribution < -0.4 is 15.8 Å². The fourth-order valence-corrected chi connectivity index (χ4v) is 6.35. The van der Waals surface area contributed by atoms with Crippen molar-refractivity contribution in [3.63, 3.8) is 0 Å². The summed E-state index contributed by atoms with van der Waals surface area (Å²) >= 11 is 1.45. The number of benzene rings is 1.